The Bertz CT molecular complexity index is 346. The summed E-state index contributed by atoms with van der Waals surface area (Å²) < 4.78 is 0. The molecule has 0 spiro atoms. The lowest BCUT2D eigenvalue weighted by Gasteiger charge is -2.15. The molecule has 1 unspecified atom stereocenters. The number of nitrogens with one attached hydrogen (secondary N) is 2. The molecule has 0 heterocycles. The van der Waals surface area contributed by atoms with Gasteiger partial charge in [-0.05, 0) is 31.0 Å². The molecule has 3 nitrogen and oxygen atoms in total. The lowest BCUT2D eigenvalue weighted by Crippen LogP contribution is -2.33. The van der Waals surface area contributed by atoms with Gasteiger partial charge < -0.3 is 10.6 Å². The summed E-state index contributed by atoms with van der Waals surface area (Å²) in [4.78, 5) is 11.6. The van der Waals surface area contributed by atoms with Crippen LogP contribution in [0.5, 0.6) is 0 Å². The SMILES string of the molecule is CCCCc1ccc(C(NC)C(=O)NC)cc1. The maximum atomic E-state index is 11.6. The van der Waals surface area contributed by atoms with Crippen LogP contribution in [-0.4, -0.2) is 20.0 Å². The second-order valence-electron chi connectivity index (χ2n) is 4.18. The Morgan fingerprint density at radius 2 is 1.88 bits per heavy atom. The van der Waals surface area contributed by atoms with E-state index in [4.69, 9.17) is 0 Å². The Hall–Kier alpha value is -1.35. The zero-order chi connectivity index (χ0) is 12.7. The Balaban J connectivity index is 2.74. The van der Waals surface area contributed by atoms with E-state index in [1.807, 2.05) is 12.1 Å². The van der Waals surface area contributed by atoms with Crippen LogP contribution in [0.15, 0.2) is 24.3 Å². The molecule has 1 aromatic rings. The van der Waals surface area contributed by atoms with Gasteiger partial charge >= 0.3 is 0 Å². The highest BCUT2D eigenvalue weighted by molar-refractivity contribution is 5.82. The Kier molecular flexibility index (Phi) is 5.70. The molecule has 0 saturated heterocycles. The molecular weight excluding hydrogens is 212 g/mol. The van der Waals surface area contributed by atoms with Crippen LogP contribution in [0.4, 0.5) is 0 Å². The second-order valence-corrected chi connectivity index (χ2v) is 4.18. The summed E-state index contributed by atoms with van der Waals surface area (Å²) in [6.45, 7) is 2.19. The van der Waals surface area contributed by atoms with Gasteiger partial charge in [0.1, 0.15) is 6.04 Å². The van der Waals surface area contributed by atoms with Crippen LogP contribution in [0, 0.1) is 0 Å². The zero-order valence-electron chi connectivity index (χ0n) is 10.9. The molecule has 1 aromatic carbocycles. The van der Waals surface area contributed by atoms with E-state index in [2.05, 4.69) is 29.7 Å². The fourth-order valence-corrected chi connectivity index (χ4v) is 1.85. The predicted molar refractivity (Wildman–Crippen MR) is 70.9 cm³/mol. The van der Waals surface area contributed by atoms with Gasteiger partial charge in [0.15, 0.2) is 0 Å². The van der Waals surface area contributed by atoms with Crippen LogP contribution in [0.25, 0.3) is 0 Å². The predicted octanol–water partition coefficient (Wildman–Crippen LogP) is 2.04. The van der Waals surface area contributed by atoms with E-state index in [1.165, 1.54) is 18.4 Å². The number of rotatable bonds is 6. The van der Waals surface area contributed by atoms with Crippen LogP contribution >= 0.6 is 0 Å². The summed E-state index contributed by atoms with van der Waals surface area (Å²) in [7, 11) is 3.45. The molecule has 0 radical (unpaired) electrons. The molecule has 0 aromatic heterocycles. The van der Waals surface area contributed by atoms with Crippen LogP contribution in [0.1, 0.15) is 36.9 Å². The van der Waals surface area contributed by atoms with E-state index in [1.54, 1.807) is 14.1 Å². The average molecular weight is 234 g/mol. The minimum Gasteiger partial charge on any atom is -0.358 e. The van der Waals surface area contributed by atoms with E-state index >= 15 is 0 Å². The molecule has 3 heteroatoms. The number of carbonyl (C=O) groups is 1. The summed E-state index contributed by atoms with van der Waals surface area (Å²) in [5.41, 5.74) is 2.34. The minimum atomic E-state index is -0.264. The van der Waals surface area contributed by atoms with E-state index in [9.17, 15) is 4.79 Å². The second kappa shape index (κ2) is 7.07. The third-order valence-electron chi connectivity index (χ3n) is 2.93. The fraction of sp³-hybridized carbons (Fsp3) is 0.500. The molecule has 0 bridgehead atoms. The number of amides is 1. The van der Waals surface area contributed by atoms with Crippen molar-refractivity contribution in [2.75, 3.05) is 14.1 Å². The normalized spacial score (nSPS) is 12.2. The molecule has 0 saturated carbocycles. The number of hydrogen-bond acceptors (Lipinski definition) is 2. The molecule has 1 rings (SSSR count). The highest BCUT2D eigenvalue weighted by Gasteiger charge is 2.16. The average Bonchev–Trinajstić information content (AvgIpc) is 2.38. The minimum absolute atomic E-state index is 0.00573. The third kappa shape index (κ3) is 3.86. The van der Waals surface area contributed by atoms with Crippen LogP contribution < -0.4 is 10.6 Å². The standard InChI is InChI=1S/C14H22N2O/c1-4-5-6-11-7-9-12(10-8-11)13(15-2)14(17)16-3/h7-10,13,15H,4-6H2,1-3H3,(H,16,17). The van der Waals surface area contributed by atoms with Crippen molar-refractivity contribution in [1.82, 2.24) is 10.6 Å². The monoisotopic (exact) mass is 234 g/mol. The molecule has 1 atom stereocenters. The van der Waals surface area contributed by atoms with Crippen molar-refractivity contribution in [2.45, 2.75) is 32.2 Å². The van der Waals surface area contributed by atoms with E-state index in [0.29, 0.717) is 0 Å². The molecule has 17 heavy (non-hydrogen) atoms. The van der Waals surface area contributed by atoms with Gasteiger partial charge in [0, 0.05) is 7.05 Å². The summed E-state index contributed by atoms with van der Waals surface area (Å²) in [5, 5.41) is 5.68. The smallest absolute Gasteiger partial charge is 0.241 e. The zero-order valence-corrected chi connectivity index (χ0v) is 10.9. The molecule has 94 valence electrons. The highest BCUT2D eigenvalue weighted by Crippen LogP contribution is 2.15. The van der Waals surface area contributed by atoms with Gasteiger partial charge in [0.25, 0.3) is 0 Å². The van der Waals surface area contributed by atoms with Crippen molar-refractivity contribution < 1.29 is 4.79 Å². The van der Waals surface area contributed by atoms with Gasteiger partial charge in [-0.3, -0.25) is 4.79 Å². The molecule has 2 N–H and O–H groups in total. The number of hydrogen-bond donors (Lipinski definition) is 2. The molecule has 0 aliphatic heterocycles. The van der Waals surface area contributed by atoms with Crippen molar-refractivity contribution in [2.24, 2.45) is 0 Å². The van der Waals surface area contributed by atoms with E-state index in [0.717, 1.165) is 12.0 Å². The highest BCUT2D eigenvalue weighted by atomic mass is 16.2. The van der Waals surface area contributed by atoms with Crippen molar-refractivity contribution in [3.63, 3.8) is 0 Å². The first-order chi connectivity index (χ1) is 8.22. The Morgan fingerprint density at radius 3 is 2.35 bits per heavy atom. The lowest BCUT2D eigenvalue weighted by atomic mass is 10.0. The summed E-state index contributed by atoms with van der Waals surface area (Å²) in [6.07, 6.45) is 3.53. The molecule has 0 aliphatic carbocycles. The van der Waals surface area contributed by atoms with E-state index < -0.39 is 0 Å². The van der Waals surface area contributed by atoms with Crippen molar-refractivity contribution in [1.29, 1.82) is 0 Å². The fourth-order valence-electron chi connectivity index (χ4n) is 1.85. The molecule has 0 fully saturated rings. The van der Waals surface area contributed by atoms with Gasteiger partial charge in [-0.1, -0.05) is 37.6 Å². The maximum Gasteiger partial charge on any atom is 0.241 e. The van der Waals surface area contributed by atoms with E-state index in [-0.39, 0.29) is 11.9 Å². The number of carbonyl (C=O) groups excluding carboxylic acids is 1. The topological polar surface area (TPSA) is 41.1 Å². The molecule has 0 aliphatic rings. The van der Waals surface area contributed by atoms with Gasteiger partial charge in [0.2, 0.25) is 5.91 Å². The Labute approximate surface area is 104 Å². The summed E-state index contributed by atoms with van der Waals surface area (Å²) >= 11 is 0. The number of likely N-dealkylation sites (N-methyl/N-ethyl adjacent to an activating group) is 2. The van der Waals surface area contributed by atoms with Crippen molar-refractivity contribution >= 4 is 5.91 Å². The van der Waals surface area contributed by atoms with Crippen LogP contribution in [0.3, 0.4) is 0 Å². The first kappa shape index (κ1) is 13.7. The van der Waals surface area contributed by atoms with Crippen molar-refractivity contribution in [3.8, 4) is 0 Å². The Morgan fingerprint density at radius 1 is 1.24 bits per heavy atom. The number of benzene rings is 1. The van der Waals surface area contributed by atoms with Crippen LogP contribution in [0.2, 0.25) is 0 Å². The van der Waals surface area contributed by atoms with Gasteiger partial charge in [-0.25, -0.2) is 0 Å². The summed E-state index contributed by atoms with van der Waals surface area (Å²) in [5.74, 6) is -0.00573. The van der Waals surface area contributed by atoms with Gasteiger partial charge in [-0.2, -0.15) is 0 Å². The maximum absolute atomic E-state index is 11.6. The largest absolute Gasteiger partial charge is 0.358 e. The van der Waals surface area contributed by atoms with Crippen molar-refractivity contribution in [3.05, 3.63) is 35.4 Å². The molecular formula is C14H22N2O. The number of unbranched alkanes of at least 4 members (excludes halogenated alkanes) is 1. The number of aryl methyl sites for hydroxylation is 1. The van der Waals surface area contributed by atoms with Gasteiger partial charge in [-0.15, -0.1) is 0 Å². The molecule has 1 amide bonds. The lowest BCUT2D eigenvalue weighted by molar-refractivity contribution is -0.122. The quantitative estimate of drug-likeness (QED) is 0.791. The van der Waals surface area contributed by atoms with Gasteiger partial charge in [0.05, 0.1) is 0 Å². The third-order valence-corrected chi connectivity index (χ3v) is 2.93. The van der Waals surface area contributed by atoms with Crippen LogP contribution in [-0.2, 0) is 11.2 Å². The first-order valence-electron chi connectivity index (χ1n) is 6.20. The first-order valence-corrected chi connectivity index (χ1v) is 6.20. The summed E-state index contributed by atoms with van der Waals surface area (Å²) in [6, 6.07) is 8.01.